The van der Waals surface area contributed by atoms with Gasteiger partial charge in [0.05, 0.1) is 29.0 Å². The average molecular weight is 449 g/mol. The molecule has 10 nitrogen and oxygen atoms in total. The zero-order valence-electron chi connectivity index (χ0n) is 18.3. The molecule has 4 aromatic rings. The summed E-state index contributed by atoms with van der Waals surface area (Å²) in [5.41, 5.74) is 8.58. The second kappa shape index (κ2) is 7.14. The molecule has 1 saturated carbocycles. The molecule has 0 unspecified atom stereocenters. The van der Waals surface area contributed by atoms with Crippen molar-refractivity contribution in [1.29, 1.82) is 0 Å². The van der Waals surface area contributed by atoms with E-state index in [4.69, 9.17) is 15.5 Å². The Hall–Kier alpha value is -3.73. The lowest BCUT2D eigenvalue weighted by atomic mass is 10.0. The molecule has 1 aliphatic carbocycles. The summed E-state index contributed by atoms with van der Waals surface area (Å²) in [5.74, 6) is 1.24. The van der Waals surface area contributed by atoms with Crippen LogP contribution in [0.5, 0.6) is 11.8 Å². The van der Waals surface area contributed by atoms with E-state index in [1.54, 1.807) is 26.5 Å². The molecule has 5 N–H and O–H groups in total. The number of nitrogens with zero attached hydrogens (tertiary/aromatic N) is 5. The SMILES string of the molecule is CNc1ncc(Oc2nc(N3C[C@H](N)C4(CC4)C3)c3c(n2)[nH]c2c(NC)cc(F)cc23)cn1. The molecule has 6 rings (SSSR count). The molecule has 11 heteroatoms. The van der Waals surface area contributed by atoms with Gasteiger partial charge in [0.1, 0.15) is 17.3 Å². The number of benzene rings is 1. The maximum Gasteiger partial charge on any atom is 0.326 e. The van der Waals surface area contributed by atoms with Crippen molar-refractivity contribution in [2.24, 2.45) is 11.1 Å². The summed E-state index contributed by atoms with van der Waals surface area (Å²) in [6.45, 7) is 1.48. The van der Waals surface area contributed by atoms with E-state index in [0.29, 0.717) is 40.8 Å². The van der Waals surface area contributed by atoms with E-state index in [1.165, 1.54) is 12.1 Å². The Morgan fingerprint density at radius 2 is 1.97 bits per heavy atom. The Labute approximate surface area is 188 Å². The molecule has 3 aromatic heterocycles. The molecule has 170 valence electrons. The highest BCUT2D eigenvalue weighted by Crippen LogP contribution is 2.53. The number of rotatable bonds is 5. The van der Waals surface area contributed by atoms with Crippen molar-refractivity contribution in [2.75, 3.05) is 42.7 Å². The largest absolute Gasteiger partial charge is 0.421 e. The summed E-state index contributed by atoms with van der Waals surface area (Å²) in [4.78, 5) is 23.2. The molecular formula is C22H24FN9O. The predicted molar refractivity (Wildman–Crippen MR) is 124 cm³/mol. The van der Waals surface area contributed by atoms with Crippen LogP contribution < -0.4 is 26.0 Å². The van der Waals surface area contributed by atoms with Crippen LogP contribution >= 0.6 is 0 Å². The number of hydrogen-bond acceptors (Lipinski definition) is 9. The first-order valence-corrected chi connectivity index (χ1v) is 10.9. The number of hydrogen-bond donors (Lipinski definition) is 4. The number of ether oxygens (including phenoxy) is 1. The lowest BCUT2D eigenvalue weighted by Crippen LogP contribution is -2.30. The minimum absolute atomic E-state index is 0.0733. The van der Waals surface area contributed by atoms with E-state index in [-0.39, 0.29) is 23.3 Å². The van der Waals surface area contributed by atoms with Gasteiger partial charge in [-0.25, -0.2) is 14.4 Å². The standard InChI is InChI=1S/C22H24FN9O/c1-25-14-6-11(23)5-13-16-18(29-17(13)14)30-21(33-12-7-27-20(26-2)28-8-12)31-19(16)32-9-15(24)22(10-32)3-4-22/h5-8,15,25H,3-4,9-10,24H2,1-2H3,(H,26,27,28)(H,29,30,31)/t15-/m0/s1. The second-order valence-electron chi connectivity index (χ2n) is 8.75. The summed E-state index contributed by atoms with van der Waals surface area (Å²) in [6, 6.07) is 3.19. The number of nitrogens with two attached hydrogens (primary N) is 1. The van der Waals surface area contributed by atoms with Gasteiger partial charge in [-0.1, -0.05) is 0 Å². The van der Waals surface area contributed by atoms with Crippen molar-refractivity contribution < 1.29 is 9.13 Å². The molecule has 0 bridgehead atoms. The van der Waals surface area contributed by atoms with Crippen LogP contribution in [0.25, 0.3) is 21.9 Å². The average Bonchev–Trinajstić information content (AvgIpc) is 3.40. The topological polar surface area (TPSA) is 130 Å². The molecule has 2 aliphatic rings. The Kier molecular flexibility index (Phi) is 4.31. The van der Waals surface area contributed by atoms with Gasteiger partial charge >= 0.3 is 6.01 Å². The minimum atomic E-state index is -0.336. The van der Waals surface area contributed by atoms with Crippen LogP contribution in [-0.2, 0) is 0 Å². The van der Waals surface area contributed by atoms with Crippen LogP contribution in [0.4, 0.5) is 21.8 Å². The van der Waals surface area contributed by atoms with E-state index in [0.717, 1.165) is 30.3 Å². The van der Waals surface area contributed by atoms with Gasteiger partial charge in [0.25, 0.3) is 0 Å². The summed E-state index contributed by atoms with van der Waals surface area (Å²) in [7, 11) is 3.50. The summed E-state index contributed by atoms with van der Waals surface area (Å²) >= 11 is 0. The first-order valence-electron chi connectivity index (χ1n) is 10.9. The monoisotopic (exact) mass is 449 g/mol. The van der Waals surface area contributed by atoms with Crippen LogP contribution in [-0.4, -0.2) is 58.1 Å². The van der Waals surface area contributed by atoms with E-state index in [9.17, 15) is 4.39 Å². The summed E-state index contributed by atoms with van der Waals surface area (Å²) in [6.07, 6.45) is 5.33. The van der Waals surface area contributed by atoms with Crippen molar-refractivity contribution >= 4 is 39.4 Å². The molecule has 1 spiro atoms. The van der Waals surface area contributed by atoms with Gasteiger partial charge in [0, 0.05) is 44.0 Å². The van der Waals surface area contributed by atoms with Crippen LogP contribution in [0.3, 0.4) is 0 Å². The molecule has 1 atom stereocenters. The van der Waals surface area contributed by atoms with Crippen molar-refractivity contribution in [3.8, 4) is 11.8 Å². The van der Waals surface area contributed by atoms with Crippen LogP contribution in [0.2, 0.25) is 0 Å². The zero-order chi connectivity index (χ0) is 22.7. The molecule has 2 fully saturated rings. The Bertz CT molecular complexity index is 1370. The molecule has 1 aliphatic heterocycles. The van der Waals surface area contributed by atoms with E-state index >= 15 is 0 Å². The highest BCUT2D eigenvalue weighted by atomic mass is 19.1. The number of aromatic amines is 1. The number of nitrogens with one attached hydrogen (secondary N) is 3. The lowest BCUT2D eigenvalue weighted by Gasteiger charge is -2.19. The van der Waals surface area contributed by atoms with Crippen LogP contribution in [0, 0.1) is 11.2 Å². The number of aromatic nitrogens is 5. The third-order valence-corrected chi connectivity index (χ3v) is 6.72. The summed E-state index contributed by atoms with van der Waals surface area (Å²) < 4.78 is 20.4. The third kappa shape index (κ3) is 3.18. The molecule has 33 heavy (non-hydrogen) atoms. The Balaban J connectivity index is 1.52. The van der Waals surface area contributed by atoms with Gasteiger partial charge in [-0.2, -0.15) is 9.97 Å². The molecule has 0 radical (unpaired) electrons. The zero-order valence-corrected chi connectivity index (χ0v) is 18.3. The first-order chi connectivity index (χ1) is 16.0. The molecule has 1 saturated heterocycles. The van der Waals surface area contributed by atoms with Gasteiger partial charge in [-0.15, -0.1) is 0 Å². The highest BCUT2D eigenvalue weighted by molar-refractivity contribution is 6.14. The third-order valence-electron chi connectivity index (χ3n) is 6.72. The van der Waals surface area contributed by atoms with Gasteiger partial charge in [0.2, 0.25) is 5.95 Å². The molecule has 0 amide bonds. The minimum Gasteiger partial charge on any atom is -0.421 e. The van der Waals surface area contributed by atoms with E-state index in [2.05, 4.69) is 35.5 Å². The highest BCUT2D eigenvalue weighted by Gasteiger charge is 2.54. The fourth-order valence-electron chi connectivity index (χ4n) is 4.74. The van der Waals surface area contributed by atoms with Gasteiger partial charge in [-0.3, -0.25) is 0 Å². The quantitative estimate of drug-likeness (QED) is 0.363. The van der Waals surface area contributed by atoms with Gasteiger partial charge < -0.3 is 31.0 Å². The fraction of sp³-hybridized carbons (Fsp3) is 0.364. The van der Waals surface area contributed by atoms with E-state index in [1.807, 2.05) is 0 Å². The van der Waals surface area contributed by atoms with Crippen molar-refractivity contribution in [2.45, 2.75) is 18.9 Å². The lowest BCUT2D eigenvalue weighted by molar-refractivity contribution is 0.440. The molecule has 4 heterocycles. The Morgan fingerprint density at radius 3 is 2.64 bits per heavy atom. The Morgan fingerprint density at radius 1 is 1.18 bits per heavy atom. The van der Waals surface area contributed by atoms with Crippen LogP contribution in [0.1, 0.15) is 12.8 Å². The second-order valence-corrected chi connectivity index (χ2v) is 8.75. The number of H-pyrrole nitrogens is 1. The normalized spacial score (nSPS) is 18.9. The summed E-state index contributed by atoms with van der Waals surface area (Å²) in [5, 5.41) is 7.38. The molecule has 1 aromatic carbocycles. The maximum absolute atomic E-state index is 14.5. The van der Waals surface area contributed by atoms with Crippen molar-refractivity contribution in [3.63, 3.8) is 0 Å². The number of anilines is 3. The molecular weight excluding hydrogens is 425 g/mol. The van der Waals surface area contributed by atoms with Crippen molar-refractivity contribution in [3.05, 3.63) is 30.3 Å². The number of fused-ring (bicyclic) bond motifs is 3. The van der Waals surface area contributed by atoms with Crippen LogP contribution in [0.15, 0.2) is 24.5 Å². The first kappa shape index (κ1) is 19.9. The van der Waals surface area contributed by atoms with E-state index < -0.39 is 0 Å². The maximum atomic E-state index is 14.5. The fourth-order valence-corrected chi connectivity index (χ4v) is 4.74. The van der Waals surface area contributed by atoms with Gasteiger partial charge in [0.15, 0.2) is 5.75 Å². The van der Waals surface area contributed by atoms with Gasteiger partial charge in [-0.05, 0) is 25.0 Å². The van der Waals surface area contributed by atoms with Crippen molar-refractivity contribution in [1.82, 2.24) is 24.9 Å². The number of halogens is 1. The predicted octanol–water partition coefficient (Wildman–Crippen LogP) is 2.84. The smallest absolute Gasteiger partial charge is 0.326 e.